The Balaban J connectivity index is 1.92. The number of aliphatic carboxylic acids is 1. The van der Waals surface area contributed by atoms with Crippen LogP contribution < -0.4 is 9.47 Å². The van der Waals surface area contributed by atoms with Crippen molar-refractivity contribution in [3.63, 3.8) is 0 Å². The summed E-state index contributed by atoms with van der Waals surface area (Å²) in [6.07, 6.45) is -0.240. The molecule has 2 aromatic carbocycles. The third kappa shape index (κ3) is 9.32. The number of rotatable bonds is 13. The molecule has 1 unspecified atom stereocenters. The molecule has 8 heteroatoms. The number of carbonyl (C=O) groups is 2. The quantitative estimate of drug-likeness (QED) is 0.421. The van der Waals surface area contributed by atoms with Crippen LogP contribution >= 0.6 is 11.6 Å². The Morgan fingerprint density at radius 2 is 1.76 bits per heavy atom. The average molecular weight is 478 g/mol. The molecule has 1 amide bonds. The van der Waals surface area contributed by atoms with Gasteiger partial charge in [-0.2, -0.15) is 0 Å². The highest BCUT2D eigenvalue weighted by Gasteiger charge is 2.19. The van der Waals surface area contributed by atoms with Crippen LogP contribution in [0, 0.1) is 5.92 Å². The Labute approximate surface area is 200 Å². The van der Waals surface area contributed by atoms with Crippen LogP contribution in [0.2, 0.25) is 5.02 Å². The number of carboxylic acid groups (broad SMARTS) is 1. The SMILES string of the molecule is CCOC(Cc1ccc(OCCN(CCC(C)C)C(=O)Oc2ccccc2Cl)cc1)C(=O)O. The molecule has 0 saturated heterocycles. The summed E-state index contributed by atoms with van der Waals surface area (Å²) in [6, 6.07) is 14.0. The minimum atomic E-state index is -0.984. The zero-order chi connectivity index (χ0) is 24.2. The summed E-state index contributed by atoms with van der Waals surface area (Å²) < 4.78 is 16.5. The average Bonchev–Trinajstić information content (AvgIpc) is 2.78. The number of amides is 1. The molecule has 1 N–H and O–H groups in total. The van der Waals surface area contributed by atoms with Gasteiger partial charge in [0.25, 0.3) is 0 Å². The maximum Gasteiger partial charge on any atom is 0.415 e. The summed E-state index contributed by atoms with van der Waals surface area (Å²) in [6.45, 7) is 7.46. The van der Waals surface area contributed by atoms with Gasteiger partial charge in [-0.1, -0.05) is 49.7 Å². The lowest BCUT2D eigenvalue weighted by molar-refractivity contribution is -0.149. The molecule has 7 nitrogen and oxygen atoms in total. The number of benzene rings is 2. The third-order valence-electron chi connectivity index (χ3n) is 4.89. The third-order valence-corrected chi connectivity index (χ3v) is 5.20. The highest BCUT2D eigenvalue weighted by atomic mass is 35.5. The van der Waals surface area contributed by atoms with Crippen molar-refractivity contribution in [2.24, 2.45) is 5.92 Å². The lowest BCUT2D eigenvalue weighted by Gasteiger charge is -2.23. The van der Waals surface area contributed by atoms with E-state index < -0.39 is 18.2 Å². The molecule has 0 aliphatic carbocycles. The van der Waals surface area contributed by atoms with Gasteiger partial charge in [0.1, 0.15) is 12.4 Å². The molecular formula is C25H32ClNO6. The molecule has 0 saturated carbocycles. The largest absolute Gasteiger partial charge is 0.492 e. The standard InChI is InChI=1S/C25H32ClNO6/c1-4-31-23(24(28)29)17-19-9-11-20(12-10-19)32-16-15-27(14-13-18(2)3)25(30)33-22-8-6-5-7-21(22)26/h5-12,18,23H,4,13-17H2,1-3H3,(H,28,29). The number of halogens is 1. The molecule has 180 valence electrons. The monoisotopic (exact) mass is 477 g/mol. The fourth-order valence-corrected chi connectivity index (χ4v) is 3.20. The molecule has 0 aliphatic rings. The highest BCUT2D eigenvalue weighted by molar-refractivity contribution is 6.32. The van der Waals surface area contributed by atoms with E-state index in [2.05, 4.69) is 13.8 Å². The van der Waals surface area contributed by atoms with E-state index in [4.69, 9.17) is 25.8 Å². The molecule has 2 rings (SSSR count). The van der Waals surface area contributed by atoms with Crippen LogP contribution in [0.25, 0.3) is 0 Å². The Kier molecular flexibility index (Phi) is 11.0. The van der Waals surface area contributed by atoms with Crippen molar-refractivity contribution >= 4 is 23.7 Å². The van der Waals surface area contributed by atoms with Crippen LogP contribution in [0.1, 0.15) is 32.8 Å². The van der Waals surface area contributed by atoms with Gasteiger partial charge in [-0.25, -0.2) is 9.59 Å². The normalized spacial score (nSPS) is 11.8. The van der Waals surface area contributed by atoms with Crippen LogP contribution in [0.3, 0.4) is 0 Å². The summed E-state index contributed by atoms with van der Waals surface area (Å²) in [4.78, 5) is 25.6. The fourth-order valence-electron chi connectivity index (χ4n) is 3.02. The minimum Gasteiger partial charge on any atom is -0.492 e. The smallest absolute Gasteiger partial charge is 0.415 e. The molecule has 2 aromatic rings. The summed E-state index contributed by atoms with van der Waals surface area (Å²) >= 11 is 6.10. The Morgan fingerprint density at radius 3 is 2.36 bits per heavy atom. The van der Waals surface area contributed by atoms with Gasteiger partial charge in [0, 0.05) is 19.6 Å². The Bertz CT molecular complexity index is 887. The summed E-state index contributed by atoms with van der Waals surface area (Å²) in [5, 5.41) is 9.60. The number of carboxylic acids is 1. The van der Waals surface area contributed by atoms with Crippen molar-refractivity contribution < 1.29 is 28.9 Å². The van der Waals surface area contributed by atoms with Crippen LogP contribution in [0.5, 0.6) is 11.5 Å². The second kappa shape index (κ2) is 13.7. The van der Waals surface area contributed by atoms with Crippen LogP contribution in [0.4, 0.5) is 4.79 Å². The number of hydrogen-bond donors (Lipinski definition) is 1. The molecule has 33 heavy (non-hydrogen) atoms. The van der Waals surface area contributed by atoms with Crippen molar-refractivity contribution in [1.82, 2.24) is 4.90 Å². The van der Waals surface area contributed by atoms with Crippen molar-refractivity contribution in [1.29, 1.82) is 0 Å². The van der Waals surface area contributed by atoms with E-state index in [0.717, 1.165) is 12.0 Å². The zero-order valence-electron chi connectivity index (χ0n) is 19.3. The topological polar surface area (TPSA) is 85.3 Å². The number of carbonyl (C=O) groups excluding carboxylic acids is 1. The molecule has 0 aromatic heterocycles. The molecular weight excluding hydrogens is 446 g/mol. The first kappa shape index (κ1) is 26.5. The van der Waals surface area contributed by atoms with E-state index in [0.29, 0.717) is 42.1 Å². The molecule has 0 spiro atoms. The lowest BCUT2D eigenvalue weighted by Crippen LogP contribution is -2.38. The van der Waals surface area contributed by atoms with Crippen molar-refractivity contribution in [3.05, 3.63) is 59.1 Å². The molecule has 0 radical (unpaired) electrons. The van der Waals surface area contributed by atoms with Crippen molar-refractivity contribution in [3.8, 4) is 11.5 Å². The van der Waals surface area contributed by atoms with Crippen LogP contribution in [0.15, 0.2) is 48.5 Å². The fraction of sp³-hybridized carbons (Fsp3) is 0.440. The van der Waals surface area contributed by atoms with E-state index in [1.807, 2.05) is 12.1 Å². The lowest BCUT2D eigenvalue weighted by atomic mass is 10.1. The van der Waals surface area contributed by atoms with Crippen molar-refractivity contribution in [2.45, 2.75) is 39.7 Å². The molecule has 0 fully saturated rings. The van der Waals surface area contributed by atoms with Gasteiger partial charge in [-0.15, -0.1) is 0 Å². The van der Waals surface area contributed by atoms with Crippen molar-refractivity contribution in [2.75, 3.05) is 26.3 Å². The van der Waals surface area contributed by atoms with Gasteiger partial charge in [-0.05, 0) is 49.1 Å². The maximum atomic E-state index is 12.7. The summed E-state index contributed by atoms with van der Waals surface area (Å²) in [7, 11) is 0. The first-order valence-corrected chi connectivity index (χ1v) is 11.4. The zero-order valence-corrected chi connectivity index (χ0v) is 20.1. The number of hydrogen-bond acceptors (Lipinski definition) is 5. The van der Waals surface area contributed by atoms with Crippen LogP contribution in [-0.4, -0.2) is 54.5 Å². The van der Waals surface area contributed by atoms with E-state index in [-0.39, 0.29) is 13.0 Å². The van der Waals surface area contributed by atoms with Gasteiger partial charge in [0.2, 0.25) is 0 Å². The minimum absolute atomic E-state index is 0.278. The second-order valence-corrected chi connectivity index (χ2v) is 8.35. The second-order valence-electron chi connectivity index (χ2n) is 7.95. The van der Waals surface area contributed by atoms with Gasteiger partial charge < -0.3 is 24.2 Å². The Hall–Kier alpha value is -2.77. The highest BCUT2D eigenvalue weighted by Crippen LogP contribution is 2.24. The van der Waals surface area contributed by atoms with Gasteiger partial charge in [0.15, 0.2) is 11.9 Å². The summed E-state index contributed by atoms with van der Waals surface area (Å²) in [5.74, 6) is 0.398. The first-order valence-electron chi connectivity index (χ1n) is 11.1. The summed E-state index contributed by atoms with van der Waals surface area (Å²) in [5.41, 5.74) is 0.838. The molecule has 0 aliphatic heterocycles. The predicted octanol–water partition coefficient (Wildman–Crippen LogP) is 5.30. The number of nitrogens with zero attached hydrogens (tertiary/aromatic N) is 1. The van der Waals surface area contributed by atoms with Gasteiger partial charge in [0.05, 0.1) is 11.6 Å². The van der Waals surface area contributed by atoms with Crippen LogP contribution in [-0.2, 0) is 16.0 Å². The van der Waals surface area contributed by atoms with E-state index >= 15 is 0 Å². The van der Waals surface area contributed by atoms with Gasteiger partial charge >= 0.3 is 12.1 Å². The molecule has 0 heterocycles. The molecule has 1 atom stereocenters. The van der Waals surface area contributed by atoms with E-state index in [9.17, 15) is 14.7 Å². The Morgan fingerprint density at radius 1 is 1.06 bits per heavy atom. The number of ether oxygens (including phenoxy) is 3. The maximum absolute atomic E-state index is 12.7. The number of para-hydroxylation sites is 1. The van der Waals surface area contributed by atoms with Gasteiger partial charge in [-0.3, -0.25) is 0 Å². The van der Waals surface area contributed by atoms with E-state index in [1.165, 1.54) is 0 Å². The predicted molar refractivity (Wildman–Crippen MR) is 127 cm³/mol. The van der Waals surface area contributed by atoms with E-state index in [1.54, 1.807) is 48.2 Å². The first-order chi connectivity index (χ1) is 15.8. The molecule has 0 bridgehead atoms.